The van der Waals surface area contributed by atoms with E-state index in [0.29, 0.717) is 23.8 Å². The number of aromatic nitrogens is 2. The molecule has 1 aliphatic heterocycles. The average Bonchev–Trinajstić information content (AvgIpc) is 3.25. The van der Waals surface area contributed by atoms with Gasteiger partial charge in [-0.1, -0.05) is 0 Å². The third-order valence-electron chi connectivity index (χ3n) is 4.33. The van der Waals surface area contributed by atoms with Crippen LogP contribution < -0.4 is 19.5 Å². The first kappa shape index (κ1) is 17.6. The predicted molar refractivity (Wildman–Crippen MR) is 93.2 cm³/mol. The van der Waals surface area contributed by atoms with Gasteiger partial charge in [-0.25, -0.2) is 0 Å². The van der Waals surface area contributed by atoms with E-state index in [1.54, 1.807) is 18.2 Å². The van der Waals surface area contributed by atoms with Gasteiger partial charge in [0.2, 0.25) is 6.79 Å². The Kier molecular flexibility index (Phi) is 5.45. The molecular weight excluding hydrogens is 322 g/mol. The molecule has 0 spiro atoms. The van der Waals surface area contributed by atoms with Gasteiger partial charge in [0, 0.05) is 24.8 Å². The Morgan fingerprint density at radius 3 is 2.88 bits per heavy atom. The third kappa shape index (κ3) is 4.43. The van der Waals surface area contributed by atoms with Crippen LogP contribution in [0.3, 0.4) is 0 Å². The minimum absolute atomic E-state index is 0.166. The van der Waals surface area contributed by atoms with Crippen molar-refractivity contribution in [2.45, 2.75) is 39.0 Å². The van der Waals surface area contributed by atoms with E-state index in [2.05, 4.69) is 24.3 Å². The SMILES string of the molecule is Cc1cnn([C@H](C)[C@H](C)NC[C@@H](O)COc2ccc3c(c2)OCO3)c1. The van der Waals surface area contributed by atoms with Crippen LogP contribution in [0.1, 0.15) is 25.5 Å². The molecule has 2 aromatic rings. The van der Waals surface area contributed by atoms with Gasteiger partial charge in [0.25, 0.3) is 0 Å². The average molecular weight is 347 g/mol. The molecule has 3 rings (SSSR count). The van der Waals surface area contributed by atoms with Crippen molar-refractivity contribution in [1.29, 1.82) is 0 Å². The number of hydrogen-bond acceptors (Lipinski definition) is 6. The normalized spacial score (nSPS) is 16.5. The summed E-state index contributed by atoms with van der Waals surface area (Å²) in [5.41, 5.74) is 1.14. The van der Waals surface area contributed by atoms with Crippen molar-refractivity contribution in [3.8, 4) is 17.2 Å². The molecule has 0 bridgehead atoms. The van der Waals surface area contributed by atoms with E-state index >= 15 is 0 Å². The number of nitrogens with zero attached hydrogens (tertiary/aromatic N) is 2. The van der Waals surface area contributed by atoms with Crippen LogP contribution >= 0.6 is 0 Å². The fourth-order valence-electron chi connectivity index (χ4n) is 2.60. The second-order valence-electron chi connectivity index (χ2n) is 6.42. The number of aliphatic hydroxyl groups excluding tert-OH is 1. The molecule has 7 nitrogen and oxygen atoms in total. The van der Waals surface area contributed by atoms with Crippen molar-refractivity contribution in [1.82, 2.24) is 15.1 Å². The lowest BCUT2D eigenvalue weighted by Crippen LogP contribution is -2.40. The Balaban J connectivity index is 1.42. The van der Waals surface area contributed by atoms with Crippen molar-refractivity contribution in [3.05, 3.63) is 36.2 Å². The zero-order valence-electron chi connectivity index (χ0n) is 14.8. The van der Waals surface area contributed by atoms with Crippen molar-refractivity contribution < 1.29 is 19.3 Å². The zero-order valence-corrected chi connectivity index (χ0v) is 14.8. The van der Waals surface area contributed by atoms with Crippen LogP contribution in [0.5, 0.6) is 17.2 Å². The molecule has 25 heavy (non-hydrogen) atoms. The number of hydrogen-bond donors (Lipinski definition) is 2. The fourth-order valence-corrected chi connectivity index (χ4v) is 2.60. The van der Waals surface area contributed by atoms with Gasteiger partial charge < -0.3 is 24.6 Å². The van der Waals surface area contributed by atoms with Crippen LogP contribution in [-0.2, 0) is 0 Å². The van der Waals surface area contributed by atoms with Crippen LogP contribution in [0.25, 0.3) is 0 Å². The van der Waals surface area contributed by atoms with Gasteiger partial charge in [-0.3, -0.25) is 4.68 Å². The van der Waals surface area contributed by atoms with Crippen molar-refractivity contribution >= 4 is 0 Å². The predicted octanol–water partition coefficient (Wildman–Crippen LogP) is 1.90. The number of ether oxygens (including phenoxy) is 3. The fraction of sp³-hybridized carbons (Fsp3) is 0.500. The summed E-state index contributed by atoms with van der Waals surface area (Å²) in [6.07, 6.45) is 3.25. The lowest BCUT2D eigenvalue weighted by molar-refractivity contribution is 0.102. The Morgan fingerprint density at radius 2 is 2.12 bits per heavy atom. The van der Waals surface area contributed by atoms with Crippen LogP contribution in [0.4, 0.5) is 0 Å². The van der Waals surface area contributed by atoms with E-state index in [1.165, 1.54) is 0 Å². The van der Waals surface area contributed by atoms with E-state index < -0.39 is 6.10 Å². The van der Waals surface area contributed by atoms with Gasteiger partial charge in [-0.15, -0.1) is 0 Å². The molecule has 7 heteroatoms. The largest absolute Gasteiger partial charge is 0.491 e. The first-order valence-corrected chi connectivity index (χ1v) is 8.47. The van der Waals surface area contributed by atoms with Gasteiger partial charge >= 0.3 is 0 Å². The molecule has 0 fully saturated rings. The first-order chi connectivity index (χ1) is 12.0. The highest BCUT2D eigenvalue weighted by molar-refractivity contribution is 5.46. The summed E-state index contributed by atoms with van der Waals surface area (Å²) in [6, 6.07) is 5.74. The molecule has 2 N–H and O–H groups in total. The summed E-state index contributed by atoms with van der Waals surface area (Å²) in [5.74, 6) is 2.03. The monoisotopic (exact) mass is 347 g/mol. The highest BCUT2D eigenvalue weighted by atomic mass is 16.7. The highest BCUT2D eigenvalue weighted by Gasteiger charge is 2.17. The van der Waals surface area contributed by atoms with E-state index in [0.717, 1.165) is 5.56 Å². The van der Waals surface area contributed by atoms with Gasteiger partial charge in [-0.2, -0.15) is 5.10 Å². The lowest BCUT2D eigenvalue weighted by Gasteiger charge is -2.23. The molecule has 3 atom stereocenters. The molecule has 136 valence electrons. The molecule has 2 heterocycles. The molecule has 0 aliphatic carbocycles. The minimum Gasteiger partial charge on any atom is -0.491 e. The molecule has 0 amide bonds. The number of fused-ring (bicyclic) bond motifs is 1. The molecular formula is C18H25N3O4. The smallest absolute Gasteiger partial charge is 0.231 e. The Hall–Kier alpha value is -2.25. The highest BCUT2D eigenvalue weighted by Crippen LogP contribution is 2.35. The quantitative estimate of drug-likeness (QED) is 0.759. The molecule has 0 radical (unpaired) electrons. The molecule has 1 aromatic heterocycles. The van der Waals surface area contributed by atoms with Gasteiger partial charge in [0.1, 0.15) is 18.5 Å². The second-order valence-corrected chi connectivity index (χ2v) is 6.42. The summed E-state index contributed by atoms with van der Waals surface area (Å²) < 4.78 is 18.1. The minimum atomic E-state index is -0.612. The lowest BCUT2D eigenvalue weighted by atomic mass is 10.1. The van der Waals surface area contributed by atoms with Gasteiger partial charge in [0.15, 0.2) is 11.5 Å². The number of rotatable bonds is 8. The van der Waals surface area contributed by atoms with Gasteiger partial charge in [0.05, 0.1) is 12.2 Å². The number of aliphatic hydroxyl groups is 1. The summed E-state index contributed by atoms with van der Waals surface area (Å²) in [4.78, 5) is 0. The zero-order chi connectivity index (χ0) is 17.8. The first-order valence-electron chi connectivity index (χ1n) is 8.47. The third-order valence-corrected chi connectivity index (χ3v) is 4.33. The molecule has 0 saturated heterocycles. The number of benzene rings is 1. The summed E-state index contributed by atoms with van der Waals surface area (Å²) in [5, 5.41) is 17.8. The van der Waals surface area contributed by atoms with Crippen molar-refractivity contribution in [2.75, 3.05) is 19.9 Å². The Labute approximate surface area is 147 Å². The Morgan fingerprint density at radius 1 is 1.32 bits per heavy atom. The molecule has 1 aliphatic rings. The Bertz CT molecular complexity index is 703. The topological polar surface area (TPSA) is 77.8 Å². The maximum atomic E-state index is 10.1. The van der Waals surface area contributed by atoms with Crippen LogP contribution in [-0.4, -0.2) is 47.0 Å². The summed E-state index contributed by atoms with van der Waals surface area (Å²) in [6.45, 7) is 7.07. The second kappa shape index (κ2) is 7.76. The van der Waals surface area contributed by atoms with Crippen molar-refractivity contribution in [3.63, 3.8) is 0 Å². The molecule has 1 aromatic carbocycles. The number of aryl methyl sites for hydroxylation is 1. The van der Waals surface area contributed by atoms with Crippen LogP contribution in [0.15, 0.2) is 30.6 Å². The molecule has 0 saturated carbocycles. The van der Waals surface area contributed by atoms with Crippen molar-refractivity contribution in [2.24, 2.45) is 0 Å². The van der Waals surface area contributed by atoms with Crippen LogP contribution in [0.2, 0.25) is 0 Å². The summed E-state index contributed by atoms with van der Waals surface area (Å²) in [7, 11) is 0. The van der Waals surface area contributed by atoms with E-state index in [-0.39, 0.29) is 25.5 Å². The molecule has 0 unspecified atom stereocenters. The summed E-state index contributed by atoms with van der Waals surface area (Å²) >= 11 is 0. The van der Waals surface area contributed by atoms with E-state index in [1.807, 2.05) is 24.0 Å². The maximum absolute atomic E-state index is 10.1. The van der Waals surface area contributed by atoms with Crippen LogP contribution in [0, 0.1) is 6.92 Å². The maximum Gasteiger partial charge on any atom is 0.231 e. The number of nitrogens with one attached hydrogen (secondary N) is 1. The van der Waals surface area contributed by atoms with E-state index in [9.17, 15) is 5.11 Å². The van der Waals surface area contributed by atoms with Gasteiger partial charge in [-0.05, 0) is 38.5 Å². The standard InChI is InChI=1S/C18H25N3O4/c1-12-7-20-21(9-12)14(3)13(2)19-8-15(22)10-23-16-4-5-17-18(6-16)25-11-24-17/h4-7,9,13-15,19,22H,8,10-11H2,1-3H3/t13-,14+,15+/m0/s1. The van der Waals surface area contributed by atoms with E-state index in [4.69, 9.17) is 14.2 Å².